The molecule has 1 saturated carbocycles. The molecular formula is C14H17N. The van der Waals surface area contributed by atoms with Gasteiger partial charge >= 0.3 is 0 Å². The lowest BCUT2D eigenvalue weighted by atomic mass is 9.75. The molecule has 0 amide bonds. The summed E-state index contributed by atoms with van der Waals surface area (Å²) < 4.78 is 0. The Morgan fingerprint density at radius 2 is 2.00 bits per heavy atom. The van der Waals surface area contributed by atoms with Crippen molar-refractivity contribution >= 4 is 0 Å². The highest BCUT2D eigenvalue weighted by atomic mass is 15.0. The van der Waals surface area contributed by atoms with E-state index in [0.29, 0.717) is 6.04 Å². The summed E-state index contributed by atoms with van der Waals surface area (Å²) in [6.07, 6.45) is 7.77. The van der Waals surface area contributed by atoms with E-state index in [-0.39, 0.29) is 6.04 Å². The van der Waals surface area contributed by atoms with E-state index in [0.717, 1.165) is 5.92 Å². The van der Waals surface area contributed by atoms with E-state index >= 15 is 0 Å². The minimum Gasteiger partial charge on any atom is -0.301 e. The van der Waals surface area contributed by atoms with Gasteiger partial charge in [-0.1, -0.05) is 36.3 Å². The van der Waals surface area contributed by atoms with Gasteiger partial charge in [0.15, 0.2) is 0 Å². The molecule has 0 bridgehead atoms. The fraction of sp³-hybridized carbons (Fsp3) is 0.429. The second-order valence-corrected chi connectivity index (χ2v) is 4.33. The van der Waals surface area contributed by atoms with Crippen LogP contribution in [0.4, 0.5) is 0 Å². The third kappa shape index (κ3) is 2.40. The van der Waals surface area contributed by atoms with Crippen molar-refractivity contribution in [1.29, 1.82) is 0 Å². The van der Waals surface area contributed by atoms with Crippen molar-refractivity contribution in [3.8, 4) is 12.3 Å². The van der Waals surface area contributed by atoms with Gasteiger partial charge < -0.3 is 5.32 Å². The Kier molecular flexibility index (Phi) is 3.08. The van der Waals surface area contributed by atoms with Gasteiger partial charge in [-0.2, -0.15) is 0 Å². The van der Waals surface area contributed by atoms with Gasteiger partial charge in [0.05, 0.1) is 6.04 Å². The molecule has 0 radical (unpaired) electrons. The van der Waals surface area contributed by atoms with Crippen molar-refractivity contribution in [2.75, 3.05) is 0 Å². The zero-order chi connectivity index (χ0) is 10.7. The smallest absolute Gasteiger partial charge is 0.0660 e. The van der Waals surface area contributed by atoms with E-state index in [1.165, 1.54) is 18.4 Å². The predicted octanol–water partition coefficient (Wildman–Crippen LogP) is 2.54. The lowest BCUT2D eigenvalue weighted by Gasteiger charge is -2.37. The molecule has 1 aromatic carbocycles. The third-order valence-corrected chi connectivity index (χ3v) is 3.14. The van der Waals surface area contributed by atoms with Crippen LogP contribution in [0.1, 0.15) is 31.2 Å². The van der Waals surface area contributed by atoms with Crippen LogP contribution in [0, 0.1) is 12.3 Å². The van der Waals surface area contributed by atoms with Crippen LogP contribution in [0.25, 0.3) is 0 Å². The van der Waals surface area contributed by atoms with E-state index in [1.54, 1.807) is 0 Å². The second-order valence-electron chi connectivity index (χ2n) is 4.33. The van der Waals surface area contributed by atoms with E-state index < -0.39 is 0 Å². The average Bonchev–Trinajstić information content (AvgIpc) is 2.23. The molecule has 0 heterocycles. The summed E-state index contributed by atoms with van der Waals surface area (Å²) in [6.45, 7) is 2.04. The normalized spacial score (nSPS) is 26.4. The first-order valence-corrected chi connectivity index (χ1v) is 5.56. The van der Waals surface area contributed by atoms with Gasteiger partial charge in [0.25, 0.3) is 0 Å². The van der Waals surface area contributed by atoms with Gasteiger partial charge in [0.2, 0.25) is 0 Å². The molecule has 2 rings (SSSR count). The molecule has 0 spiro atoms. The predicted molar refractivity (Wildman–Crippen MR) is 63.6 cm³/mol. The number of benzene rings is 1. The van der Waals surface area contributed by atoms with Crippen molar-refractivity contribution in [3.05, 3.63) is 35.9 Å². The molecule has 1 unspecified atom stereocenters. The zero-order valence-electron chi connectivity index (χ0n) is 9.11. The maximum absolute atomic E-state index is 5.33. The summed E-state index contributed by atoms with van der Waals surface area (Å²) in [5.74, 6) is 3.44. The molecule has 0 aromatic heterocycles. The Morgan fingerprint density at radius 1 is 1.33 bits per heavy atom. The van der Waals surface area contributed by atoms with Gasteiger partial charge in [-0.25, -0.2) is 0 Å². The molecule has 1 aliphatic rings. The molecule has 15 heavy (non-hydrogen) atoms. The summed E-state index contributed by atoms with van der Waals surface area (Å²) in [6, 6.07) is 11.5. The highest BCUT2D eigenvalue weighted by Gasteiger charge is 2.30. The van der Waals surface area contributed by atoms with E-state index in [4.69, 9.17) is 6.42 Å². The maximum Gasteiger partial charge on any atom is 0.0660 e. The van der Waals surface area contributed by atoms with Crippen LogP contribution in [-0.2, 0) is 0 Å². The minimum absolute atomic E-state index is 0.201. The number of hydrogen-bond acceptors (Lipinski definition) is 1. The molecule has 1 aliphatic carbocycles. The molecule has 78 valence electrons. The molecule has 0 saturated heterocycles. The number of terminal acetylenes is 1. The fourth-order valence-corrected chi connectivity index (χ4v) is 2.15. The van der Waals surface area contributed by atoms with E-state index in [1.807, 2.05) is 6.92 Å². The summed E-state index contributed by atoms with van der Waals surface area (Å²) in [5.41, 5.74) is 1.46. The number of rotatable bonds is 3. The largest absolute Gasteiger partial charge is 0.301 e. The van der Waals surface area contributed by atoms with Gasteiger partial charge in [-0.15, -0.1) is 6.42 Å². The SMILES string of the molecule is C#CC(C)NC1CC(c2ccccc2)C1. The van der Waals surface area contributed by atoms with Gasteiger partial charge in [0.1, 0.15) is 0 Å². The minimum atomic E-state index is 0.201. The molecule has 1 fully saturated rings. The van der Waals surface area contributed by atoms with Crippen LogP contribution >= 0.6 is 0 Å². The monoisotopic (exact) mass is 199 g/mol. The lowest BCUT2D eigenvalue weighted by Crippen LogP contribution is -2.43. The van der Waals surface area contributed by atoms with Crippen LogP contribution in [0.2, 0.25) is 0 Å². The summed E-state index contributed by atoms with van der Waals surface area (Å²) in [7, 11) is 0. The van der Waals surface area contributed by atoms with Crippen molar-refractivity contribution in [1.82, 2.24) is 5.32 Å². The standard InChI is InChI=1S/C14H17N/c1-3-11(2)15-14-9-13(10-14)12-7-5-4-6-8-12/h1,4-8,11,13-15H,9-10H2,2H3. The first kappa shape index (κ1) is 10.3. The number of hydrogen-bond donors (Lipinski definition) is 1. The van der Waals surface area contributed by atoms with Crippen LogP contribution in [-0.4, -0.2) is 12.1 Å². The Balaban J connectivity index is 1.82. The fourth-order valence-electron chi connectivity index (χ4n) is 2.15. The van der Waals surface area contributed by atoms with Crippen molar-refractivity contribution in [2.24, 2.45) is 0 Å². The molecule has 0 aliphatic heterocycles. The highest BCUT2D eigenvalue weighted by Crippen LogP contribution is 2.36. The summed E-state index contributed by atoms with van der Waals surface area (Å²) >= 11 is 0. The lowest BCUT2D eigenvalue weighted by molar-refractivity contribution is 0.284. The van der Waals surface area contributed by atoms with Crippen molar-refractivity contribution < 1.29 is 0 Å². The van der Waals surface area contributed by atoms with Gasteiger partial charge in [0, 0.05) is 6.04 Å². The summed E-state index contributed by atoms with van der Waals surface area (Å²) in [5, 5.41) is 3.43. The Hall–Kier alpha value is -1.26. The first-order valence-electron chi connectivity index (χ1n) is 5.56. The number of nitrogens with one attached hydrogen (secondary N) is 1. The Bertz CT molecular complexity index is 343. The van der Waals surface area contributed by atoms with Crippen LogP contribution in [0.3, 0.4) is 0 Å². The van der Waals surface area contributed by atoms with Crippen LogP contribution < -0.4 is 5.32 Å². The molecule has 1 aromatic rings. The van der Waals surface area contributed by atoms with Crippen LogP contribution in [0.5, 0.6) is 0 Å². The average molecular weight is 199 g/mol. The Morgan fingerprint density at radius 3 is 2.60 bits per heavy atom. The zero-order valence-corrected chi connectivity index (χ0v) is 9.11. The topological polar surface area (TPSA) is 12.0 Å². The molecule has 1 nitrogen and oxygen atoms in total. The van der Waals surface area contributed by atoms with Crippen molar-refractivity contribution in [3.63, 3.8) is 0 Å². The molecule has 1 N–H and O–H groups in total. The van der Waals surface area contributed by atoms with E-state index in [2.05, 4.69) is 41.6 Å². The summed E-state index contributed by atoms with van der Waals surface area (Å²) in [4.78, 5) is 0. The van der Waals surface area contributed by atoms with Gasteiger partial charge in [-0.05, 0) is 31.2 Å². The molecular weight excluding hydrogens is 182 g/mol. The third-order valence-electron chi connectivity index (χ3n) is 3.14. The first-order chi connectivity index (χ1) is 7.29. The maximum atomic E-state index is 5.33. The second kappa shape index (κ2) is 4.51. The Labute approximate surface area is 91.9 Å². The van der Waals surface area contributed by atoms with E-state index in [9.17, 15) is 0 Å². The highest BCUT2D eigenvalue weighted by molar-refractivity contribution is 5.23. The molecule has 1 heteroatoms. The molecule has 1 atom stereocenters. The van der Waals surface area contributed by atoms with Crippen LogP contribution in [0.15, 0.2) is 30.3 Å². The van der Waals surface area contributed by atoms with Crippen molar-refractivity contribution in [2.45, 2.75) is 37.8 Å². The quantitative estimate of drug-likeness (QED) is 0.738. The van der Waals surface area contributed by atoms with Gasteiger partial charge in [-0.3, -0.25) is 0 Å².